The number of ether oxygens (including phenoxy) is 1. The fourth-order valence-electron chi connectivity index (χ4n) is 2.79. The molecule has 2 aromatic rings. The van der Waals surface area contributed by atoms with Crippen molar-refractivity contribution in [3.05, 3.63) is 53.6 Å². The van der Waals surface area contributed by atoms with E-state index in [1.54, 1.807) is 18.2 Å². The van der Waals surface area contributed by atoms with Crippen LogP contribution in [0.5, 0.6) is 11.5 Å². The molecule has 6 nitrogen and oxygen atoms in total. The van der Waals surface area contributed by atoms with Crippen LogP contribution in [-0.2, 0) is 16.1 Å². The lowest BCUT2D eigenvalue weighted by Gasteiger charge is -2.24. The van der Waals surface area contributed by atoms with Crippen molar-refractivity contribution in [2.45, 2.75) is 18.9 Å². The number of nitrogens with one attached hydrogen (secondary N) is 2. The number of amides is 2. The minimum atomic E-state index is -0.506. The third-order valence-corrected chi connectivity index (χ3v) is 4.03. The molecule has 0 fully saturated rings. The number of aromatic hydroxyl groups is 1. The molecule has 1 aliphatic rings. The van der Waals surface area contributed by atoms with Gasteiger partial charge in [0.25, 0.3) is 0 Å². The molecule has 3 rings (SSSR count). The minimum Gasteiger partial charge on any atom is -0.504 e. The van der Waals surface area contributed by atoms with E-state index in [1.165, 1.54) is 13.2 Å². The Morgan fingerprint density at radius 2 is 2.12 bits per heavy atom. The maximum atomic E-state index is 12.5. The highest BCUT2D eigenvalue weighted by Gasteiger charge is 2.30. The molecular weight excluding hydrogens is 308 g/mol. The third kappa shape index (κ3) is 3.17. The van der Waals surface area contributed by atoms with E-state index in [1.807, 2.05) is 18.2 Å². The van der Waals surface area contributed by atoms with Crippen molar-refractivity contribution in [3.63, 3.8) is 0 Å². The van der Waals surface area contributed by atoms with E-state index in [0.717, 1.165) is 11.1 Å². The highest BCUT2D eigenvalue weighted by molar-refractivity contribution is 6.01. The minimum absolute atomic E-state index is 0.0467. The monoisotopic (exact) mass is 326 g/mol. The number of carbonyl (C=O) groups excluding carboxylic acids is 2. The van der Waals surface area contributed by atoms with Crippen LogP contribution in [0.1, 0.15) is 23.5 Å². The number of phenolic OH excluding ortho intramolecular Hbond substituents is 1. The summed E-state index contributed by atoms with van der Waals surface area (Å²) in [6.45, 7) is 0.287. The molecule has 0 bridgehead atoms. The Kier molecular flexibility index (Phi) is 4.37. The number of methoxy groups -OCH3 is 1. The first-order valence-corrected chi connectivity index (χ1v) is 7.61. The summed E-state index contributed by atoms with van der Waals surface area (Å²) in [4.78, 5) is 24.3. The van der Waals surface area contributed by atoms with Gasteiger partial charge in [-0.2, -0.15) is 0 Å². The number of phenols is 1. The molecule has 0 radical (unpaired) electrons. The quantitative estimate of drug-likeness (QED) is 0.803. The molecule has 1 heterocycles. The lowest BCUT2D eigenvalue weighted by atomic mass is 9.90. The maximum Gasteiger partial charge on any atom is 0.228 e. The summed E-state index contributed by atoms with van der Waals surface area (Å²) in [6.07, 6.45) is 0.127. The molecular formula is C18H18N2O4. The number of hydrogen-bond donors (Lipinski definition) is 3. The molecule has 0 saturated carbocycles. The van der Waals surface area contributed by atoms with Crippen LogP contribution in [0.15, 0.2) is 42.5 Å². The van der Waals surface area contributed by atoms with Gasteiger partial charge in [0.05, 0.1) is 13.0 Å². The molecule has 0 aromatic heterocycles. The Morgan fingerprint density at radius 3 is 2.92 bits per heavy atom. The van der Waals surface area contributed by atoms with Gasteiger partial charge < -0.3 is 20.5 Å². The smallest absolute Gasteiger partial charge is 0.228 e. The summed E-state index contributed by atoms with van der Waals surface area (Å²) >= 11 is 0. The highest BCUT2D eigenvalue weighted by Crippen LogP contribution is 2.32. The van der Waals surface area contributed by atoms with Crippen molar-refractivity contribution < 1.29 is 19.4 Å². The molecule has 0 saturated heterocycles. The van der Waals surface area contributed by atoms with Gasteiger partial charge in [-0.15, -0.1) is 0 Å². The van der Waals surface area contributed by atoms with Crippen LogP contribution in [0, 0.1) is 0 Å². The van der Waals surface area contributed by atoms with E-state index in [2.05, 4.69) is 10.6 Å². The van der Waals surface area contributed by atoms with Crippen molar-refractivity contribution in [2.75, 3.05) is 12.4 Å². The number of carbonyl (C=O) groups is 2. The van der Waals surface area contributed by atoms with Gasteiger partial charge in [-0.25, -0.2) is 0 Å². The lowest BCUT2D eigenvalue weighted by Crippen LogP contribution is -2.34. The predicted molar refractivity (Wildman–Crippen MR) is 88.9 cm³/mol. The first-order chi connectivity index (χ1) is 11.6. The average molecular weight is 326 g/mol. The molecule has 1 unspecified atom stereocenters. The Balaban J connectivity index is 1.73. The van der Waals surface area contributed by atoms with Gasteiger partial charge in [0.1, 0.15) is 0 Å². The zero-order valence-electron chi connectivity index (χ0n) is 13.2. The van der Waals surface area contributed by atoms with Crippen LogP contribution >= 0.6 is 0 Å². The van der Waals surface area contributed by atoms with E-state index in [4.69, 9.17) is 4.74 Å². The van der Waals surface area contributed by atoms with Crippen molar-refractivity contribution in [2.24, 2.45) is 0 Å². The number of benzene rings is 2. The zero-order chi connectivity index (χ0) is 17.1. The summed E-state index contributed by atoms with van der Waals surface area (Å²) < 4.78 is 5.05. The number of para-hydroxylation sites is 1. The number of hydrogen-bond acceptors (Lipinski definition) is 4. The summed E-state index contributed by atoms with van der Waals surface area (Å²) in [5.41, 5.74) is 2.30. The molecule has 2 amide bonds. The van der Waals surface area contributed by atoms with E-state index < -0.39 is 5.92 Å². The van der Waals surface area contributed by atoms with Crippen LogP contribution in [0.2, 0.25) is 0 Å². The van der Waals surface area contributed by atoms with Gasteiger partial charge in [-0.3, -0.25) is 9.59 Å². The van der Waals surface area contributed by atoms with E-state index in [9.17, 15) is 14.7 Å². The van der Waals surface area contributed by atoms with Crippen molar-refractivity contribution in [3.8, 4) is 11.5 Å². The number of anilines is 1. The van der Waals surface area contributed by atoms with Crippen LogP contribution in [0.3, 0.4) is 0 Å². The average Bonchev–Trinajstić information content (AvgIpc) is 2.60. The molecule has 0 aliphatic carbocycles. The second-order valence-electron chi connectivity index (χ2n) is 5.62. The molecule has 1 aliphatic heterocycles. The highest BCUT2D eigenvalue weighted by atomic mass is 16.5. The van der Waals surface area contributed by atoms with Gasteiger partial charge >= 0.3 is 0 Å². The summed E-state index contributed by atoms with van der Waals surface area (Å²) in [6, 6.07) is 12.2. The van der Waals surface area contributed by atoms with Gasteiger partial charge in [0.15, 0.2) is 11.5 Å². The number of rotatable bonds is 4. The Hall–Kier alpha value is -3.02. The Labute approximate surface area is 139 Å². The van der Waals surface area contributed by atoms with E-state index in [-0.39, 0.29) is 30.5 Å². The number of fused-ring (bicyclic) bond motifs is 1. The first kappa shape index (κ1) is 15.9. The summed E-state index contributed by atoms with van der Waals surface area (Å²) in [7, 11) is 1.47. The predicted octanol–water partition coefficient (Wildman–Crippen LogP) is 2.14. The van der Waals surface area contributed by atoms with Gasteiger partial charge in [0.2, 0.25) is 11.8 Å². The molecule has 6 heteroatoms. The largest absolute Gasteiger partial charge is 0.504 e. The normalized spacial score (nSPS) is 16.0. The third-order valence-electron chi connectivity index (χ3n) is 4.03. The fourth-order valence-corrected chi connectivity index (χ4v) is 2.79. The van der Waals surface area contributed by atoms with E-state index >= 15 is 0 Å². The summed E-state index contributed by atoms with van der Waals surface area (Å²) in [5.74, 6) is -0.479. The van der Waals surface area contributed by atoms with Gasteiger partial charge in [-0.05, 0) is 29.3 Å². The topological polar surface area (TPSA) is 87.7 Å². The molecule has 124 valence electrons. The SMILES string of the molecule is COc1cc(CNC(=O)C2CC(=O)Nc3ccccc32)ccc1O. The molecule has 1 atom stereocenters. The Morgan fingerprint density at radius 1 is 1.33 bits per heavy atom. The fraction of sp³-hybridized carbons (Fsp3) is 0.222. The maximum absolute atomic E-state index is 12.5. The lowest BCUT2D eigenvalue weighted by molar-refractivity contribution is -0.126. The van der Waals surface area contributed by atoms with Gasteiger partial charge in [0, 0.05) is 18.7 Å². The van der Waals surface area contributed by atoms with Crippen molar-refractivity contribution in [1.82, 2.24) is 5.32 Å². The van der Waals surface area contributed by atoms with E-state index in [0.29, 0.717) is 11.4 Å². The first-order valence-electron chi connectivity index (χ1n) is 7.61. The van der Waals surface area contributed by atoms with Crippen LogP contribution in [0.4, 0.5) is 5.69 Å². The molecule has 24 heavy (non-hydrogen) atoms. The van der Waals surface area contributed by atoms with Crippen LogP contribution < -0.4 is 15.4 Å². The zero-order valence-corrected chi connectivity index (χ0v) is 13.2. The molecule has 2 aromatic carbocycles. The molecule has 3 N–H and O–H groups in total. The van der Waals surface area contributed by atoms with Crippen LogP contribution in [0.25, 0.3) is 0 Å². The standard InChI is InChI=1S/C18H18N2O4/c1-24-16-8-11(6-7-15(16)21)10-19-18(23)13-9-17(22)20-14-5-3-2-4-12(13)14/h2-8,13,21H,9-10H2,1H3,(H,19,23)(H,20,22). The second kappa shape index (κ2) is 6.62. The summed E-state index contributed by atoms with van der Waals surface area (Å²) in [5, 5.41) is 15.2. The molecule has 0 spiro atoms. The van der Waals surface area contributed by atoms with Crippen molar-refractivity contribution in [1.29, 1.82) is 0 Å². The van der Waals surface area contributed by atoms with Gasteiger partial charge in [-0.1, -0.05) is 24.3 Å². The van der Waals surface area contributed by atoms with Crippen molar-refractivity contribution >= 4 is 17.5 Å². The Bertz CT molecular complexity index is 788. The van der Waals surface area contributed by atoms with Crippen LogP contribution in [-0.4, -0.2) is 24.0 Å². The second-order valence-corrected chi connectivity index (χ2v) is 5.62.